The third kappa shape index (κ3) is 5.50. The van der Waals surface area contributed by atoms with E-state index in [0.717, 1.165) is 19.3 Å². The first-order valence-corrected chi connectivity index (χ1v) is 13.7. The summed E-state index contributed by atoms with van der Waals surface area (Å²) >= 11 is 1.71. The van der Waals surface area contributed by atoms with Crippen molar-refractivity contribution in [2.24, 2.45) is 0 Å². The highest BCUT2D eigenvalue weighted by atomic mass is 32.2. The van der Waals surface area contributed by atoms with E-state index in [1.165, 1.54) is 14.9 Å². The lowest BCUT2D eigenvalue weighted by atomic mass is 10.2. The summed E-state index contributed by atoms with van der Waals surface area (Å²) in [6, 6.07) is 22.6. The summed E-state index contributed by atoms with van der Waals surface area (Å²) in [4.78, 5) is 16.1. The summed E-state index contributed by atoms with van der Waals surface area (Å²) in [7, 11) is -1.91. The van der Waals surface area contributed by atoms with Gasteiger partial charge in [-0.3, -0.25) is 4.57 Å². The minimum absolute atomic E-state index is 0.0560. The van der Waals surface area contributed by atoms with Crippen LogP contribution in [0.5, 0.6) is 0 Å². The Morgan fingerprint density at radius 1 is 1.16 bits per heavy atom. The molecule has 0 radical (unpaired) electrons. The second-order valence-corrected chi connectivity index (χ2v) is 11.3. The summed E-state index contributed by atoms with van der Waals surface area (Å²) in [5, 5.41) is 2.50. The number of ether oxygens (including phenoxy) is 1. The Bertz CT molecular complexity index is 1010. The predicted molar refractivity (Wildman–Crippen MR) is 133 cm³/mol. The molecule has 1 aliphatic rings. The molecule has 1 saturated heterocycles. The van der Waals surface area contributed by atoms with Crippen molar-refractivity contribution in [3.8, 4) is 0 Å². The molecule has 4 rings (SSSR count). The topological polar surface area (TPSA) is 79.4 Å². The van der Waals surface area contributed by atoms with E-state index in [2.05, 4.69) is 60.4 Å². The zero-order valence-corrected chi connectivity index (χ0v) is 20.1. The van der Waals surface area contributed by atoms with E-state index in [0.29, 0.717) is 5.75 Å². The molecule has 0 amide bonds. The molecule has 1 aliphatic heterocycles. The largest absolute Gasteiger partial charge is 0.404 e. The van der Waals surface area contributed by atoms with E-state index >= 15 is 0 Å². The van der Waals surface area contributed by atoms with Gasteiger partial charge in [0.25, 0.3) is 0 Å². The van der Waals surface area contributed by atoms with E-state index < -0.39 is 9.04 Å². The Balaban J connectivity index is 1.56. The van der Waals surface area contributed by atoms with Crippen LogP contribution in [0.25, 0.3) is 0 Å². The number of benzene rings is 2. The van der Waals surface area contributed by atoms with Crippen molar-refractivity contribution in [1.29, 1.82) is 0 Å². The number of aromatic nitrogens is 2. The molecule has 6 nitrogen and oxygen atoms in total. The zero-order chi connectivity index (χ0) is 22.3. The molecule has 2 aromatic carbocycles. The van der Waals surface area contributed by atoms with Crippen LogP contribution in [-0.4, -0.2) is 35.9 Å². The minimum Gasteiger partial charge on any atom is -0.404 e. The molecule has 3 atom stereocenters. The molecule has 2 heterocycles. The van der Waals surface area contributed by atoms with Crippen molar-refractivity contribution >= 4 is 37.0 Å². The lowest BCUT2D eigenvalue weighted by Crippen LogP contribution is -2.49. The van der Waals surface area contributed by atoms with E-state index in [9.17, 15) is 4.79 Å². The van der Waals surface area contributed by atoms with Crippen molar-refractivity contribution in [3.63, 3.8) is 0 Å². The molecule has 0 bridgehead atoms. The first-order valence-electron chi connectivity index (χ1n) is 11.0. The van der Waals surface area contributed by atoms with Gasteiger partial charge in [-0.25, -0.2) is 4.79 Å². The van der Waals surface area contributed by atoms with E-state index in [1.54, 1.807) is 24.0 Å². The summed E-state index contributed by atoms with van der Waals surface area (Å²) in [5.74, 6) is 0.891. The molecule has 168 valence electrons. The predicted octanol–water partition coefficient (Wildman–Crippen LogP) is 2.53. The van der Waals surface area contributed by atoms with Crippen molar-refractivity contribution in [2.75, 3.05) is 11.5 Å². The van der Waals surface area contributed by atoms with Gasteiger partial charge in [0.15, 0.2) is 0 Å². The number of hydrogen-bond acceptors (Lipinski definition) is 6. The molecule has 3 aromatic rings. The minimum atomic E-state index is -1.91. The van der Waals surface area contributed by atoms with E-state index in [-0.39, 0.29) is 29.3 Å². The van der Waals surface area contributed by atoms with Gasteiger partial charge >= 0.3 is 5.69 Å². The molecular formula is C24H29N3O3SSi. The van der Waals surface area contributed by atoms with Gasteiger partial charge in [-0.15, -0.1) is 11.8 Å². The number of hydrogen-bond donors (Lipinski definition) is 1. The van der Waals surface area contributed by atoms with Crippen LogP contribution in [-0.2, 0) is 9.16 Å². The van der Waals surface area contributed by atoms with Gasteiger partial charge in [0, 0.05) is 11.9 Å². The summed E-state index contributed by atoms with van der Waals surface area (Å²) < 4.78 is 14.8. The van der Waals surface area contributed by atoms with Gasteiger partial charge in [-0.1, -0.05) is 80.4 Å². The van der Waals surface area contributed by atoms with Crippen molar-refractivity contribution in [3.05, 3.63) is 83.4 Å². The lowest BCUT2D eigenvalue weighted by molar-refractivity contribution is -0.0344. The Kier molecular flexibility index (Phi) is 7.80. The first-order chi connectivity index (χ1) is 15.7. The number of unbranched alkanes of at least 4 members (excludes halogenated alkanes) is 1. The van der Waals surface area contributed by atoms with Crippen LogP contribution < -0.4 is 21.8 Å². The molecule has 0 aliphatic carbocycles. The maximum Gasteiger partial charge on any atom is 0.351 e. The Morgan fingerprint density at radius 2 is 1.81 bits per heavy atom. The van der Waals surface area contributed by atoms with Crippen LogP contribution >= 0.6 is 11.8 Å². The van der Waals surface area contributed by atoms with Crippen LogP contribution in [0, 0.1) is 0 Å². The van der Waals surface area contributed by atoms with Crippen LogP contribution in [0.2, 0.25) is 0 Å². The fraction of sp³-hybridized carbons (Fsp3) is 0.333. The Hall–Kier alpha value is -2.39. The van der Waals surface area contributed by atoms with Crippen molar-refractivity contribution < 1.29 is 9.16 Å². The lowest BCUT2D eigenvalue weighted by Gasteiger charge is -2.29. The maximum absolute atomic E-state index is 12.3. The van der Waals surface area contributed by atoms with Crippen LogP contribution in [0.1, 0.15) is 32.4 Å². The molecule has 32 heavy (non-hydrogen) atoms. The smallest absolute Gasteiger partial charge is 0.351 e. The third-order valence-corrected chi connectivity index (χ3v) is 9.34. The number of rotatable bonds is 9. The fourth-order valence-corrected chi connectivity index (χ4v) is 7.65. The molecule has 2 N–H and O–H groups in total. The van der Waals surface area contributed by atoms with Crippen LogP contribution in [0.15, 0.2) is 77.7 Å². The standard InChI is InChI=1S/C24H29N3O3SSi/c1-2-3-14-20(23-29-22(17-31-23)27-16-15-21(25)26-24(27)28)30-32(18-10-6-4-7-11-18)19-12-8-5-9-13-19/h4-13,15-16,20,22-23,32H,2-3,14,17H2,1H3,(H2,25,26,28)/t20?,22-,23+/m0/s1. The molecule has 1 aromatic heterocycles. The van der Waals surface area contributed by atoms with Gasteiger partial charge < -0.3 is 14.9 Å². The van der Waals surface area contributed by atoms with E-state index in [1.807, 2.05) is 12.1 Å². The van der Waals surface area contributed by atoms with E-state index in [4.69, 9.17) is 14.9 Å². The van der Waals surface area contributed by atoms with Gasteiger partial charge in [0.05, 0.1) is 6.10 Å². The Morgan fingerprint density at radius 3 is 2.41 bits per heavy atom. The summed E-state index contributed by atoms with van der Waals surface area (Å²) in [6.07, 6.45) is 4.30. The molecule has 0 saturated carbocycles. The van der Waals surface area contributed by atoms with Crippen molar-refractivity contribution in [1.82, 2.24) is 9.55 Å². The molecule has 1 unspecified atom stereocenters. The highest BCUT2D eigenvalue weighted by molar-refractivity contribution is 8.00. The quantitative estimate of drug-likeness (QED) is 0.487. The van der Waals surface area contributed by atoms with Crippen LogP contribution in [0.4, 0.5) is 5.82 Å². The third-order valence-electron chi connectivity index (χ3n) is 5.52. The summed E-state index contributed by atoms with van der Waals surface area (Å²) in [6.45, 7) is 2.19. The second-order valence-electron chi connectivity index (χ2n) is 7.85. The highest BCUT2D eigenvalue weighted by Crippen LogP contribution is 2.35. The number of nitrogens with two attached hydrogens (primary N) is 1. The normalized spacial score (nSPS) is 19.3. The zero-order valence-electron chi connectivity index (χ0n) is 18.2. The van der Waals surface area contributed by atoms with Gasteiger partial charge in [0.1, 0.15) is 17.5 Å². The molecule has 1 fully saturated rings. The highest BCUT2D eigenvalue weighted by Gasteiger charge is 2.36. The van der Waals surface area contributed by atoms with Gasteiger partial charge in [-0.05, 0) is 22.9 Å². The average molecular weight is 468 g/mol. The average Bonchev–Trinajstić information content (AvgIpc) is 3.30. The maximum atomic E-state index is 12.3. The van der Waals surface area contributed by atoms with Crippen molar-refractivity contribution in [2.45, 2.75) is 44.0 Å². The molecular weight excluding hydrogens is 438 g/mol. The fourth-order valence-electron chi connectivity index (χ4n) is 3.85. The number of anilines is 1. The summed E-state index contributed by atoms with van der Waals surface area (Å²) in [5.41, 5.74) is 5.11. The van der Waals surface area contributed by atoms with Gasteiger partial charge in [-0.2, -0.15) is 4.98 Å². The second kappa shape index (κ2) is 11.0. The SMILES string of the molecule is CCCCC(O[SiH](c1ccccc1)c1ccccc1)[C@@H]1O[C@H](n2ccc(N)nc2=O)CS1. The number of nitrogens with zero attached hydrogens (tertiary/aromatic N) is 2. The Labute approximate surface area is 194 Å². The number of nitrogen functional groups attached to an aromatic ring is 1. The van der Waals surface area contributed by atoms with Crippen LogP contribution in [0.3, 0.4) is 0 Å². The molecule has 0 spiro atoms. The monoisotopic (exact) mass is 467 g/mol. The molecule has 8 heteroatoms. The number of thioether (sulfide) groups is 1. The van der Waals surface area contributed by atoms with Gasteiger partial charge in [0.2, 0.25) is 9.04 Å². The first kappa shape index (κ1) is 22.8.